The highest BCUT2D eigenvalue weighted by atomic mass is 16.5. The standard InChI is InChI=1S/C24H25N5O4/c1-16-5-4-6-17(13-16)14-22(30)25-11-12-33-23-10-9-21-26-27-24(29(21)28-23)19-8-7-18(31-2)15-20(19)32-3/h4-10,13,15H,11-12,14H2,1-3H3,(H,25,30). The molecule has 0 saturated carbocycles. The van der Waals surface area contributed by atoms with E-state index >= 15 is 0 Å². The van der Waals surface area contributed by atoms with E-state index in [0.29, 0.717) is 41.8 Å². The molecule has 0 fully saturated rings. The number of methoxy groups -OCH3 is 2. The second-order valence-electron chi connectivity index (χ2n) is 7.40. The molecule has 1 N–H and O–H groups in total. The lowest BCUT2D eigenvalue weighted by Crippen LogP contribution is -2.29. The number of aryl methyl sites for hydroxylation is 1. The summed E-state index contributed by atoms with van der Waals surface area (Å²) in [4.78, 5) is 12.2. The van der Waals surface area contributed by atoms with Crippen molar-refractivity contribution in [1.29, 1.82) is 0 Å². The van der Waals surface area contributed by atoms with Crippen LogP contribution in [-0.4, -0.2) is 53.1 Å². The Morgan fingerprint density at radius 1 is 1.03 bits per heavy atom. The molecule has 0 radical (unpaired) electrons. The third-order valence-electron chi connectivity index (χ3n) is 5.01. The van der Waals surface area contributed by atoms with Gasteiger partial charge in [0, 0.05) is 12.1 Å². The van der Waals surface area contributed by atoms with Crippen LogP contribution < -0.4 is 19.5 Å². The Balaban J connectivity index is 1.40. The van der Waals surface area contributed by atoms with Gasteiger partial charge in [0.25, 0.3) is 0 Å². The molecule has 0 aliphatic carbocycles. The number of nitrogens with zero attached hydrogens (tertiary/aromatic N) is 4. The van der Waals surface area contributed by atoms with Crippen LogP contribution in [0.1, 0.15) is 11.1 Å². The topological polar surface area (TPSA) is 99.9 Å². The normalized spacial score (nSPS) is 10.8. The summed E-state index contributed by atoms with van der Waals surface area (Å²) in [5, 5.41) is 15.8. The summed E-state index contributed by atoms with van der Waals surface area (Å²) < 4.78 is 18.1. The first-order valence-corrected chi connectivity index (χ1v) is 10.5. The highest BCUT2D eigenvalue weighted by molar-refractivity contribution is 5.78. The van der Waals surface area contributed by atoms with Gasteiger partial charge in [-0.1, -0.05) is 29.8 Å². The van der Waals surface area contributed by atoms with E-state index in [1.807, 2.05) is 43.3 Å². The van der Waals surface area contributed by atoms with Gasteiger partial charge in [0.15, 0.2) is 11.5 Å². The molecule has 9 nitrogen and oxygen atoms in total. The predicted octanol–water partition coefficient (Wildman–Crippen LogP) is 2.85. The van der Waals surface area contributed by atoms with Gasteiger partial charge in [-0.25, -0.2) is 0 Å². The zero-order valence-electron chi connectivity index (χ0n) is 18.7. The van der Waals surface area contributed by atoms with Crippen molar-refractivity contribution in [3.8, 4) is 28.8 Å². The van der Waals surface area contributed by atoms with Crippen molar-refractivity contribution >= 4 is 11.6 Å². The molecular weight excluding hydrogens is 422 g/mol. The molecule has 2 aromatic heterocycles. The molecule has 0 spiro atoms. The number of amides is 1. The van der Waals surface area contributed by atoms with Crippen LogP contribution >= 0.6 is 0 Å². The van der Waals surface area contributed by atoms with Crippen LogP contribution in [0.3, 0.4) is 0 Å². The van der Waals surface area contributed by atoms with E-state index in [-0.39, 0.29) is 12.5 Å². The van der Waals surface area contributed by atoms with Gasteiger partial charge >= 0.3 is 0 Å². The van der Waals surface area contributed by atoms with E-state index in [9.17, 15) is 4.79 Å². The average molecular weight is 447 g/mol. The van der Waals surface area contributed by atoms with E-state index in [2.05, 4.69) is 20.6 Å². The fourth-order valence-corrected chi connectivity index (χ4v) is 3.42. The van der Waals surface area contributed by atoms with E-state index in [0.717, 1.165) is 16.7 Å². The summed E-state index contributed by atoms with van der Waals surface area (Å²) in [6.45, 7) is 2.65. The molecule has 2 heterocycles. The van der Waals surface area contributed by atoms with Crippen LogP contribution in [0.15, 0.2) is 54.6 Å². The van der Waals surface area contributed by atoms with Crippen molar-refractivity contribution in [2.75, 3.05) is 27.4 Å². The third kappa shape index (κ3) is 5.20. The summed E-state index contributed by atoms with van der Waals surface area (Å²) in [5.41, 5.74) is 3.40. The van der Waals surface area contributed by atoms with Gasteiger partial charge in [-0.3, -0.25) is 4.79 Å². The molecule has 4 aromatic rings. The molecule has 1 amide bonds. The maximum Gasteiger partial charge on any atom is 0.231 e. The van der Waals surface area contributed by atoms with Gasteiger partial charge < -0.3 is 19.5 Å². The third-order valence-corrected chi connectivity index (χ3v) is 5.01. The Morgan fingerprint density at radius 3 is 2.70 bits per heavy atom. The largest absolute Gasteiger partial charge is 0.497 e. The predicted molar refractivity (Wildman–Crippen MR) is 123 cm³/mol. The molecule has 2 aromatic carbocycles. The number of rotatable bonds is 9. The smallest absolute Gasteiger partial charge is 0.231 e. The van der Waals surface area contributed by atoms with Crippen LogP contribution in [0.2, 0.25) is 0 Å². The van der Waals surface area contributed by atoms with Gasteiger partial charge in [-0.05, 0) is 30.7 Å². The quantitative estimate of drug-likeness (QED) is 0.394. The summed E-state index contributed by atoms with van der Waals surface area (Å²) in [6.07, 6.45) is 0.333. The van der Waals surface area contributed by atoms with Crippen LogP contribution in [0.5, 0.6) is 17.4 Å². The Labute approximate surface area is 191 Å². The Morgan fingerprint density at radius 2 is 1.91 bits per heavy atom. The Bertz CT molecular complexity index is 1270. The van der Waals surface area contributed by atoms with Crippen molar-refractivity contribution < 1.29 is 19.0 Å². The number of nitrogens with one attached hydrogen (secondary N) is 1. The van der Waals surface area contributed by atoms with Crippen molar-refractivity contribution in [1.82, 2.24) is 25.1 Å². The van der Waals surface area contributed by atoms with Crippen molar-refractivity contribution in [3.05, 3.63) is 65.7 Å². The second kappa shape index (κ2) is 9.99. The molecule has 170 valence electrons. The summed E-state index contributed by atoms with van der Waals surface area (Å²) in [5.74, 6) is 2.12. The Hall–Kier alpha value is -4.14. The minimum Gasteiger partial charge on any atom is -0.497 e. The van der Waals surface area contributed by atoms with E-state index in [4.69, 9.17) is 14.2 Å². The van der Waals surface area contributed by atoms with Crippen molar-refractivity contribution in [3.63, 3.8) is 0 Å². The first kappa shape index (κ1) is 22.1. The highest BCUT2D eigenvalue weighted by Crippen LogP contribution is 2.32. The number of fused-ring (bicyclic) bond motifs is 1. The molecule has 0 unspecified atom stereocenters. The molecule has 0 aliphatic heterocycles. The lowest BCUT2D eigenvalue weighted by atomic mass is 10.1. The zero-order chi connectivity index (χ0) is 23.2. The maximum atomic E-state index is 12.2. The van der Waals surface area contributed by atoms with Crippen LogP contribution in [0, 0.1) is 6.92 Å². The van der Waals surface area contributed by atoms with Gasteiger partial charge in [0.2, 0.25) is 11.8 Å². The highest BCUT2D eigenvalue weighted by Gasteiger charge is 2.16. The number of carbonyl (C=O) groups is 1. The lowest BCUT2D eigenvalue weighted by molar-refractivity contribution is -0.120. The first-order valence-electron chi connectivity index (χ1n) is 10.5. The van der Waals surface area contributed by atoms with Crippen LogP contribution in [0.25, 0.3) is 17.0 Å². The molecule has 0 atom stereocenters. The first-order chi connectivity index (χ1) is 16.1. The molecule has 0 saturated heterocycles. The molecular formula is C24H25N5O4. The number of benzene rings is 2. The van der Waals surface area contributed by atoms with E-state index in [1.54, 1.807) is 36.9 Å². The molecule has 0 aliphatic rings. The number of hydrogen-bond donors (Lipinski definition) is 1. The van der Waals surface area contributed by atoms with Crippen LogP contribution in [-0.2, 0) is 11.2 Å². The summed E-state index contributed by atoms with van der Waals surface area (Å²) in [7, 11) is 3.17. The summed E-state index contributed by atoms with van der Waals surface area (Å²) in [6, 6.07) is 16.8. The van der Waals surface area contributed by atoms with Gasteiger partial charge in [0.05, 0.1) is 32.7 Å². The van der Waals surface area contributed by atoms with Crippen molar-refractivity contribution in [2.24, 2.45) is 0 Å². The van der Waals surface area contributed by atoms with Gasteiger partial charge in [-0.15, -0.1) is 15.3 Å². The summed E-state index contributed by atoms with van der Waals surface area (Å²) >= 11 is 0. The second-order valence-corrected chi connectivity index (χ2v) is 7.40. The van der Waals surface area contributed by atoms with Gasteiger partial charge in [-0.2, -0.15) is 4.52 Å². The maximum absolute atomic E-state index is 12.2. The fourth-order valence-electron chi connectivity index (χ4n) is 3.42. The SMILES string of the molecule is COc1ccc(-c2nnc3ccc(OCCNC(=O)Cc4cccc(C)c4)nn23)c(OC)c1. The van der Waals surface area contributed by atoms with E-state index in [1.165, 1.54) is 0 Å². The average Bonchev–Trinajstić information content (AvgIpc) is 3.24. The molecule has 4 rings (SSSR count). The fraction of sp³-hybridized carbons (Fsp3) is 0.250. The number of ether oxygens (including phenoxy) is 3. The van der Waals surface area contributed by atoms with Gasteiger partial charge in [0.1, 0.15) is 18.1 Å². The zero-order valence-corrected chi connectivity index (χ0v) is 18.7. The monoisotopic (exact) mass is 447 g/mol. The number of carbonyl (C=O) groups excluding carboxylic acids is 1. The minimum absolute atomic E-state index is 0.0553. The number of hydrogen-bond acceptors (Lipinski definition) is 7. The minimum atomic E-state index is -0.0553. The Kier molecular flexibility index (Phi) is 6.68. The van der Waals surface area contributed by atoms with Crippen molar-refractivity contribution in [2.45, 2.75) is 13.3 Å². The molecule has 9 heteroatoms. The molecule has 0 bridgehead atoms. The number of aromatic nitrogens is 4. The van der Waals surface area contributed by atoms with E-state index < -0.39 is 0 Å². The lowest BCUT2D eigenvalue weighted by Gasteiger charge is -2.10. The van der Waals surface area contributed by atoms with Crippen LogP contribution in [0.4, 0.5) is 0 Å². The molecule has 33 heavy (non-hydrogen) atoms.